The van der Waals surface area contributed by atoms with Gasteiger partial charge in [0.15, 0.2) is 0 Å². The lowest BCUT2D eigenvalue weighted by Gasteiger charge is -2.48. The summed E-state index contributed by atoms with van der Waals surface area (Å²) in [6.45, 7) is 6.27. The molecule has 1 saturated carbocycles. The topological polar surface area (TPSA) is 54.5 Å². The Morgan fingerprint density at radius 1 is 1.23 bits per heavy atom. The van der Waals surface area contributed by atoms with Gasteiger partial charge in [-0.1, -0.05) is 49.2 Å². The van der Waals surface area contributed by atoms with Crippen molar-refractivity contribution in [1.82, 2.24) is 15.2 Å². The molecule has 2 fully saturated rings. The van der Waals surface area contributed by atoms with Crippen LogP contribution in [0.25, 0.3) is 0 Å². The van der Waals surface area contributed by atoms with Crippen molar-refractivity contribution in [3.05, 3.63) is 46.5 Å². The Labute approximate surface area is 187 Å². The van der Waals surface area contributed by atoms with Crippen LogP contribution in [0.4, 0.5) is 0 Å². The smallest absolute Gasteiger partial charge is 0.251 e. The first-order chi connectivity index (χ1) is 14.7. The Balaban J connectivity index is 1.42. The number of carbonyl (C=O) groups excluding carboxylic acids is 1. The molecule has 30 heavy (non-hydrogen) atoms. The highest BCUT2D eigenvalue weighted by atomic mass is 32.2. The number of carbonyl (C=O) groups is 1. The first kappa shape index (κ1) is 21.8. The van der Waals surface area contributed by atoms with Gasteiger partial charge in [0, 0.05) is 47.6 Å². The Morgan fingerprint density at radius 2 is 2.00 bits per heavy atom. The monoisotopic (exact) mass is 445 g/mol. The molecule has 0 unspecified atom stereocenters. The Bertz CT molecular complexity index is 842. The van der Waals surface area contributed by atoms with Gasteiger partial charge in [0.2, 0.25) is 0 Å². The van der Waals surface area contributed by atoms with E-state index in [4.69, 9.17) is 4.74 Å². The van der Waals surface area contributed by atoms with E-state index in [1.54, 1.807) is 23.1 Å². The van der Waals surface area contributed by atoms with Gasteiger partial charge < -0.3 is 10.1 Å². The molecule has 2 aliphatic rings. The van der Waals surface area contributed by atoms with E-state index in [0.717, 1.165) is 72.6 Å². The van der Waals surface area contributed by atoms with E-state index in [0.29, 0.717) is 0 Å². The molecule has 2 aromatic rings. The number of hydrogen-bond donors (Lipinski definition) is 1. The van der Waals surface area contributed by atoms with Crippen molar-refractivity contribution in [1.29, 1.82) is 0 Å². The van der Waals surface area contributed by atoms with E-state index in [9.17, 15) is 4.79 Å². The average Bonchev–Trinajstić information content (AvgIpc) is 3.22. The first-order valence-corrected chi connectivity index (χ1v) is 12.8. The van der Waals surface area contributed by atoms with Crippen LogP contribution in [-0.4, -0.2) is 54.2 Å². The Hall–Kier alpha value is -1.41. The van der Waals surface area contributed by atoms with E-state index >= 15 is 0 Å². The zero-order chi connectivity index (χ0) is 20.8. The van der Waals surface area contributed by atoms with Gasteiger partial charge in [-0.25, -0.2) is 4.98 Å². The molecule has 5 nitrogen and oxygen atoms in total. The predicted octanol–water partition coefficient (Wildman–Crippen LogP) is 4.51. The number of aromatic nitrogens is 1. The van der Waals surface area contributed by atoms with E-state index < -0.39 is 0 Å². The van der Waals surface area contributed by atoms with Gasteiger partial charge in [-0.2, -0.15) is 0 Å². The molecule has 0 bridgehead atoms. The fraction of sp³-hybridized carbons (Fsp3) is 0.565. The summed E-state index contributed by atoms with van der Waals surface area (Å²) in [5.74, 6) is 0.797. The molecule has 2 heterocycles. The van der Waals surface area contributed by atoms with Crippen LogP contribution < -0.4 is 5.32 Å². The van der Waals surface area contributed by atoms with Gasteiger partial charge in [-0.15, -0.1) is 11.3 Å². The normalized spacial score (nSPS) is 19.5. The van der Waals surface area contributed by atoms with Crippen molar-refractivity contribution in [2.24, 2.45) is 0 Å². The van der Waals surface area contributed by atoms with Crippen molar-refractivity contribution in [3.63, 3.8) is 0 Å². The molecular weight excluding hydrogens is 414 g/mol. The number of rotatable bonds is 7. The fourth-order valence-electron chi connectivity index (χ4n) is 4.60. The van der Waals surface area contributed by atoms with Crippen LogP contribution in [0.1, 0.15) is 53.7 Å². The molecule has 4 rings (SSSR count). The standard InChI is InChI=1S/C23H31N3O2S2/c1-18-15-29-22(25-18)30-16-19-7-3-4-8-20(19)21(27)24-17-23(9-5-2-6-10-23)26-11-13-28-14-12-26/h3-4,7-8,15H,2,5-6,9-14,16-17H2,1H3,(H,24,27). The molecule has 0 spiro atoms. The van der Waals surface area contributed by atoms with Crippen LogP contribution in [0.5, 0.6) is 0 Å². The van der Waals surface area contributed by atoms with E-state index in [2.05, 4.69) is 26.6 Å². The molecule has 162 valence electrons. The predicted molar refractivity (Wildman–Crippen MR) is 123 cm³/mol. The minimum absolute atomic E-state index is 0.0414. The third-order valence-corrected chi connectivity index (χ3v) is 8.44. The molecular formula is C23H31N3O2S2. The second kappa shape index (κ2) is 10.3. The van der Waals surface area contributed by atoms with Gasteiger partial charge in [0.1, 0.15) is 4.34 Å². The number of nitrogens with zero attached hydrogens (tertiary/aromatic N) is 2. The molecule has 0 radical (unpaired) electrons. The maximum absolute atomic E-state index is 13.2. The first-order valence-electron chi connectivity index (χ1n) is 10.9. The zero-order valence-corrected chi connectivity index (χ0v) is 19.3. The summed E-state index contributed by atoms with van der Waals surface area (Å²) in [7, 11) is 0. The summed E-state index contributed by atoms with van der Waals surface area (Å²) < 4.78 is 6.63. The Morgan fingerprint density at radius 3 is 2.73 bits per heavy atom. The minimum Gasteiger partial charge on any atom is -0.379 e. The third kappa shape index (κ3) is 5.25. The van der Waals surface area contributed by atoms with Crippen molar-refractivity contribution >= 4 is 29.0 Å². The van der Waals surface area contributed by atoms with Crippen LogP contribution in [0.15, 0.2) is 34.0 Å². The van der Waals surface area contributed by atoms with Gasteiger partial charge in [0.25, 0.3) is 5.91 Å². The highest BCUT2D eigenvalue weighted by molar-refractivity contribution is 8.00. The molecule has 1 amide bonds. The highest BCUT2D eigenvalue weighted by Gasteiger charge is 2.38. The number of hydrogen-bond acceptors (Lipinski definition) is 6. The number of benzene rings is 1. The minimum atomic E-state index is 0.0414. The molecule has 1 aromatic carbocycles. The van der Waals surface area contributed by atoms with Crippen molar-refractivity contribution in [2.45, 2.75) is 54.7 Å². The zero-order valence-electron chi connectivity index (χ0n) is 17.7. The summed E-state index contributed by atoms with van der Waals surface area (Å²) >= 11 is 3.36. The van der Waals surface area contributed by atoms with E-state index in [-0.39, 0.29) is 11.4 Å². The number of nitrogens with one attached hydrogen (secondary N) is 1. The third-order valence-electron chi connectivity index (χ3n) is 6.26. The number of amides is 1. The second-order valence-corrected chi connectivity index (χ2v) is 10.3. The SMILES string of the molecule is Cc1csc(SCc2ccccc2C(=O)NCC2(N3CCOCC3)CCCCC2)n1. The number of aryl methyl sites for hydroxylation is 1. The number of thiazole rings is 1. The quantitative estimate of drug-likeness (QED) is 0.636. The fourth-order valence-corrected chi connectivity index (χ4v) is 6.45. The molecule has 1 aliphatic heterocycles. The van der Waals surface area contributed by atoms with Crippen molar-refractivity contribution in [2.75, 3.05) is 32.8 Å². The maximum Gasteiger partial charge on any atom is 0.251 e. The molecule has 1 aromatic heterocycles. The molecule has 1 saturated heterocycles. The lowest BCUT2D eigenvalue weighted by molar-refractivity contribution is -0.0361. The van der Waals surface area contributed by atoms with Crippen LogP contribution in [0.3, 0.4) is 0 Å². The largest absolute Gasteiger partial charge is 0.379 e. The van der Waals surface area contributed by atoms with Gasteiger partial charge in [-0.3, -0.25) is 9.69 Å². The summed E-state index contributed by atoms with van der Waals surface area (Å²) in [5.41, 5.74) is 2.98. The van der Waals surface area contributed by atoms with Gasteiger partial charge in [0.05, 0.1) is 13.2 Å². The summed E-state index contributed by atoms with van der Waals surface area (Å²) in [5, 5.41) is 5.37. The second-order valence-electron chi connectivity index (χ2n) is 8.27. The molecule has 0 atom stereocenters. The highest BCUT2D eigenvalue weighted by Crippen LogP contribution is 2.34. The average molecular weight is 446 g/mol. The van der Waals surface area contributed by atoms with Crippen molar-refractivity contribution in [3.8, 4) is 0 Å². The summed E-state index contributed by atoms with van der Waals surface area (Å²) in [6, 6.07) is 7.96. The maximum atomic E-state index is 13.2. The number of thioether (sulfide) groups is 1. The Kier molecular flexibility index (Phi) is 7.46. The van der Waals surface area contributed by atoms with Crippen LogP contribution in [0.2, 0.25) is 0 Å². The number of morpholine rings is 1. The van der Waals surface area contributed by atoms with Gasteiger partial charge in [-0.05, 0) is 31.4 Å². The molecule has 1 N–H and O–H groups in total. The summed E-state index contributed by atoms with van der Waals surface area (Å²) in [4.78, 5) is 20.3. The lowest BCUT2D eigenvalue weighted by Crippen LogP contribution is -2.59. The summed E-state index contributed by atoms with van der Waals surface area (Å²) in [6.07, 6.45) is 6.11. The van der Waals surface area contributed by atoms with Crippen LogP contribution in [0, 0.1) is 6.92 Å². The van der Waals surface area contributed by atoms with Crippen LogP contribution in [-0.2, 0) is 10.5 Å². The molecule has 7 heteroatoms. The van der Waals surface area contributed by atoms with Gasteiger partial charge >= 0.3 is 0 Å². The van der Waals surface area contributed by atoms with Crippen LogP contribution >= 0.6 is 23.1 Å². The molecule has 1 aliphatic carbocycles. The lowest BCUT2D eigenvalue weighted by atomic mass is 9.79. The van der Waals surface area contributed by atoms with E-state index in [1.165, 1.54) is 19.3 Å². The van der Waals surface area contributed by atoms with E-state index in [1.807, 2.05) is 25.1 Å². The number of ether oxygens (including phenoxy) is 1. The van der Waals surface area contributed by atoms with Crippen molar-refractivity contribution < 1.29 is 9.53 Å².